The van der Waals surface area contributed by atoms with Gasteiger partial charge in [-0.3, -0.25) is 0 Å². The molecule has 0 fully saturated rings. The van der Waals surface area contributed by atoms with Gasteiger partial charge in [-0.2, -0.15) is 0 Å². The van der Waals surface area contributed by atoms with Crippen LogP contribution in [0, 0.1) is 31.5 Å². The highest BCUT2D eigenvalue weighted by Crippen LogP contribution is 2.25. The van der Waals surface area contributed by atoms with Crippen LogP contribution in [0.25, 0.3) is 0 Å². The number of benzene rings is 2. The molecule has 0 saturated heterocycles. The predicted octanol–water partition coefficient (Wildman–Crippen LogP) is 4.05. The average Bonchev–Trinajstić information content (AvgIpc) is 2.46. The average molecular weight is 299 g/mol. The van der Waals surface area contributed by atoms with Gasteiger partial charge in [0, 0.05) is 16.2 Å². The van der Waals surface area contributed by atoms with E-state index in [0.717, 1.165) is 11.3 Å². The fraction of sp³-hybridized carbons (Fsp3) is 0.222. The summed E-state index contributed by atoms with van der Waals surface area (Å²) >= 11 is 1.70. The van der Waals surface area contributed by atoms with Crippen molar-refractivity contribution in [1.29, 1.82) is 0 Å². The Morgan fingerprint density at radius 3 is 2.62 bits per heavy atom. The molecule has 2 aromatic carbocycles. The van der Waals surface area contributed by atoms with E-state index in [1.807, 2.05) is 6.07 Å². The molecule has 0 aliphatic rings. The molecule has 0 unspecified atom stereocenters. The van der Waals surface area contributed by atoms with Crippen molar-refractivity contribution in [2.24, 2.45) is 5.73 Å². The fourth-order valence-corrected chi connectivity index (χ4v) is 2.85. The van der Waals surface area contributed by atoms with Crippen molar-refractivity contribution >= 4 is 11.8 Å². The lowest BCUT2D eigenvalue weighted by Crippen LogP contribution is -1.93. The van der Waals surface area contributed by atoms with Gasteiger partial charge in [-0.05, 0) is 60.9 Å². The number of hydrogen-bond acceptors (Lipinski definition) is 2. The third-order valence-corrected chi connectivity index (χ3v) is 4.24. The molecule has 0 aromatic heterocycles. The molecule has 0 radical (unpaired) electrons. The minimum atomic E-state index is -0.255. The van der Waals surface area contributed by atoms with Gasteiger partial charge >= 0.3 is 0 Å². The second kappa shape index (κ2) is 7.31. The third-order valence-electron chi connectivity index (χ3n) is 3.18. The molecule has 0 aliphatic heterocycles. The molecule has 2 rings (SSSR count). The van der Waals surface area contributed by atoms with Crippen LogP contribution in [0.3, 0.4) is 0 Å². The number of rotatable bonds is 3. The highest BCUT2D eigenvalue weighted by molar-refractivity contribution is 7.98. The monoisotopic (exact) mass is 299 g/mol. The first-order chi connectivity index (χ1) is 10.1. The van der Waals surface area contributed by atoms with E-state index in [0.29, 0.717) is 5.56 Å². The van der Waals surface area contributed by atoms with E-state index in [1.165, 1.54) is 22.1 Å². The van der Waals surface area contributed by atoms with E-state index >= 15 is 0 Å². The molecule has 21 heavy (non-hydrogen) atoms. The van der Waals surface area contributed by atoms with Crippen LogP contribution in [0.15, 0.2) is 41.3 Å². The SMILES string of the molecule is Cc1ccc(SCc2cc(F)cc(C#CCN)c2)cc1C. The summed E-state index contributed by atoms with van der Waals surface area (Å²) in [6.07, 6.45) is 0. The van der Waals surface area contributed by atoms with Crippen molar-refractivity contribution in [2.45, 2.75) is 24.5 Å². The highest BCUT2D eigenvalue weighted by atomic mass is 32.2. The molecular weight excluding hydrogens is 281 g/mol. The largest absolute Gasteiger partial charge is 0.320 e. The quantitative estimate of drug-likeness (QED) is 0.683. The van der Waals surface area contributed by atoms with Crippen molar-refractivity contribution in [3.63, 3.8) is 0 Å². The molecule has 0 heterocycles. The van der Waals surface area contributed by atoms with Crippen LogP contribution in [-0.4, -0.2) is 6.54 Å². The molecule has 1 nitrogen and oxygen atoms in total. The zero-order valence-corrected chi connectivity index (χ0v) is 13.1. The summed E-state index contributed by atoms with van der Waals surface area (Å²) in [6.45, 7) is 4.48. The van der Waals surface area contributed by atoms with E-state index < -0.39 is 0 Å². The van der Waals surface area contributed by atoms with Gasteiger partial charge < -0.3 is 5.73 Å². The van der Waals surface area contributed by atoms with Gasteiger partial charge in [0.2, 0.25) is 0 Å². The molecule has 0 spiro atoms. The zero-order valence-electron chi connectivity index (χ0n) is 12.2. The summed E-state index contributed by atoms with van der Waals surface area (Å²) in [5.74, 6) is 6.09. The number of thioether (sulfide) groups is 1. The van der Waals surface area contributed by atoms with E-state index in [1.54, 1.807) is 17.8 Å². The molecule has 108 valence electrons. The van der Waals surface area contributed by atoms with Crippen LogP contribution in [0.1, 0.15) is 22.3 Å². The molecule has 0 atom stereocenters. The second-order valence-electron chi connectivity index (χ2n) is 4.89. The summed E-state index contributed by atoms with van der Waals surface area (Å²) in [4.78, 5) is 1.19. The summed E-state index contributed by atoms with van der Waals surface area (Å²) in [7, 11) is 0. The van der Waals surface area contributed by atoms with Gasteiger partial charge in [0.1, 0.15) is 5.82 Å². The number of hydrogen-bond donors (Lipinski definition) is 1. The van der Waals surface area contributed by atoms with Crippen molar-refractivity contribution in [3.05, 3.63) is 64.5 Å². The standard InChI is InChI=1S/C18H18FNS/c1-13-5-6-18(8-14(13)2)21-12-16-9-15(4-3-7-20)10-17(19)11-16/h5-6,8-11H,7,12,20H2,1-2H3. The fourth-order valence-electron chi connectivity index (χ4n) is 1.93. The van der Waals surface area contributed by atoms with Gasteiger partial charge in [0.15, 0.2) is 0 Å². The molecule has 3 heteroatoms. The van der Waals surface area contributed by atoms with Crippen molar-refractivity contribution in [1.82, 2.24) is 0 Å². The van der Waals surface area contributed by atoms with Gasteiger partial charge in [-0.1, -0.05) is 17.9 Å². The van der Waals surface area contributed by atoms with Crippen LogP contribution in [0.5, 0.6) is 0 Å². The molecule has 0 saturated carbocycles. The summed E-state index contributed by atoms with van der Waals surface area (Å²) in [5, 5.41) is 0. The molecule has 2 aromatic rings. The molecule has 0 aliphatic carbocycles. The Balaban J connectivity index is 2.12. The van der Waals surface area contributed by atoms with Crippen molar-refractivity contribution in [3.8, 4) is 11.8 Å². The normalized spacial score (nSPS) is 10.1. The van der Waals surface area contributed by atoms with Crippen LogP contribution in [-0.2, 0) is 5.75 Å². The lowest BCUT2D eigenvalue weighted by Gasteiger charge is -2.06. The summed E-state index contributed by atoms with van der Waals surface area (Å²) < 4.78 is 13.6. The van der Waals surface area contributed by atoms with E-state index in [4.69, 9.17) is 5.73 Å². The number of nitrogens with two attached hydrogens (primary N) is 1. The maximum absolute atomic E-state index is 13.6. The Morgan fingerprint density at radius 2 is 1.90 bits per heavy atom. The van der Waals surface area contributed by atoms with Crippen LogP contribution in [0.2, 0.25) is 0 Å². The predicted molar refractivity (Wildman–Crippen MR) is 87.8 cm³/mol. The first-order valence-corrected chi connectivity index (χ1v) is 7.75. The Bertz CT molecular complexity index is 698. The number of aryl methyl sites for hydroxylation is 2. The zero-order chi connectivity index (χ0) is 15.2. The molecule has 2 N–H and O–H groups in total. The Labute approximate surface area is 129 Å². The van der Waals surface area contributed by atoms with E-state index in [2.05, 4.69) is 43.9 Å². The van der Waals surface area contributed by atoms with E-state index in [-0.39, 0.29) is 12.4 Å². The minimum Gasteiger partial charge on any atom is -0.320 e. The summed E-state index contributed by atoms with van der Waals surface area (Å²) in [5.41, 5.74) is 9.50. The van der Waals surface area contributed by atoms with Crippen LogP contribution < -0.4 is 5.73 Å². The van der Waals surface area contributed by atoms with Crippen molar-refractivity contribution < 1.29 is 4.39 Å². The lowest BCUT2D eigenvalue weighted by atomic mass is 10.1. The summed E-state index contributed by atoms with van der Waals surface area (Å²) in [6, 6.07) is 11.3. The van der Waals surface area contributed by atoms with E-state index in [9.17, 15) is 4.39 Å². The Morgan fingerprint density at radius 1 is 1.10 bits per heavy atom. The maximum Gasteiger partial charge on any atom is 0.124 e. The Hall–Kier alpha value is -1.76. The minimum absolute atomic E-state index is 0.255. The van der Waals surface area contributed by atoms with Crippen LogP contribution >= 0.6 is 11.8 Å². The number of halogens is 1. The highest BCUT2D eigenvalue weighted by Gasteiger charge is 2.02. The van der Waals surface area contributed by atoms with Gasteiger partial charge in [0.25, 0.3) is 0 Å². The van der Waals surface area contributed by atoms with Crippen LogP contribution in [0.4, 0.5) is 4.39 Å². The first kappa shape index (κ1) is 15.6. The smallest absolute Gasteiger partial charge is 0.124 e. The lowest BCUT2D eigenvalue weighted by molar-refractivity contribution is 0.626. The first-order valence-electron chi connectivity index (χ1n) is 6.77. The molecule has 0 bridgehead atoms. The van der Waals surface area contributed by atoms with Gasteiger partial charge in [-0.25, -0.2) is 4.39 Å². The van der Waals surface area contributed by atoms with Crippen molar-refractivity contribution in [2.75, 3.05) is 6.54 Å². The topological polar surface area (TPSA) is 26.0 Å². The second-order valence-corrected chi connectivity index (χ2v) is 5.94. The maximum atomic E-state index is 13.6. The Kier molecular flexibility index (Phi) is 5.44. The molecular formula is C18H18FNS. The molecule has 0 amide bonds. The van der Waals surface area contributed by atoms with Gasteiger partial charge in [0.05, 0.1) is 6.54 Å². The third kappa shape index (κ3) is 4.63. The van der Waals surface area contributed by atoms with Gasteiger partial charge in [-0.15, -0.1) is 11.8 Å².